The molecule has 0 spiro atoms. The number of carbonyl (C=O) groups excluding carboxylic acids is 2. The summed E-state index contributed by atoms with van der Waals surface area (Å²) in [7, 11) is 0. The molecular formula is C18H29N3O4. The van der Waals surface area contributed by atoms with Crippen LogP contribution in [0.3, 0.4) is 0 Å². The zero-order chi connectivity index (χ0) is 18.2. The number of rotatable bonds is 8. The molecule has 1 aliphatic heterocycles. The third-order valence-electron chi connectivity index (χ3n) is 4.25. The minimum Gasteiger partial charge on any atom is -0.467 e. The van der Waals surface area contributed by atoms with Crippen LogP contribution in [-0.4, -0.2) is 60.1 Å². The molecule has 1 aliphatic rings. The van der Waals surface area contributed by atoms with Gasteiger partial charge in [0.25, 0.3) is 0 Å². The Hall–Kier alpha value is -2.02. The van der Waals surface area contributed by atoms with E-state index in [0.29, 0.717) is 19.6 Å². The van der Waals surface area contributed by atoms with Crippen LogP contribution in [0.2, 0.25) is 0 Å². The van der Waals surface area contributed by atoms with Crippen molar-refractivity contribution >= 4 is 11.9 Å². The van der Waals surface area contributed by atoms with Gasteiger partial charge in [-0.25, -0.2) is 4.79 Å². The van der Waals surface area contributed by atoms with Crippen molar-refractivity contribution < 1.29 is 18.7 Å². The van der Waals surface area contributed by atoms with E-state index in [1.165, 1.54) is 0 Å². The molecule has 3 amide bonds. The SMILES string of the molecule is CCNC(=O)N(CC(=O)N(Cc1ccco1)C[C@@H]1CCCO1)C(C)C. The first-order valence-electron chi connectivity index (χ1n) is 8.97. The third-order valence-corrected chi connectivity index (χ3v) is 4.25. The number of hydrogen-bond donors (Lipinski definition) is 1. The summed E-state index contributed by atoms with van der Waals surface area (Å²) < 4.78 is 11.1. The number of urea groups is 1. The molecule has 0 saturated carbocycles. The van der Waals surface area contributed by atoms with Gasteiger partial charge in [0.2, 0.25) is 5.91 Å². The summed E-state index contributed by atoms with van der Waals surface area (Å²) in [4.78, 5) is 28.4. The Bertz CT molecular complexity index is 539. The van der Waals surface area contributed by atoms with Crippen molar-refractivity contribution in [3.05, 3.63) is 24.2 Å². The summed E-state index contributed by atoms with van der Waals surface area (Å²) in [6.07, 6.45) is 3.62. The van der Waals surface area contributed by atoms with Crippen LogP contribution in [0, 0.1) is 0 Å². The fraction of sp³-hybridized carbons (Fsp3) is 0.667. The van der Waals surface area contributed by atoms with Crippen molar-refractivity contribution in [2.75, 3.05) is 26.2 Å². The largest absolute Gasteiger partial charge is 0.467 e. The van der Waals surface area contributed by atoms with Crippen LogP contribution < -0.4 is 5.32 Å². The number of nitrogens with one attached hydrogen (secondary N) is 1. The molecule has 0 aliphatic carbocycles. The zero-order valence-electron chi connectivity index (χ0n) is 15.4. The van der Waals surface area contributed by atoms with Gasteiger partial charge in [0.05, 0.1) is 18.9 Å². The van der Waals surface area contributed by atoms with Crippen LogP contribution in [0.25, 0.3) is 0 Å². The topological polar surface area (TPSA) is 75.0 Å². The minimum absolute atomic E-state index is 0.0386. The van der Waals surface area contributed by atoms with Gasteiger partial charge in [-0.3, -0.25) is 4.79 Å². The van der Waals surface area contributed by atoms with Crippen molar-refractivity contribution in [1.29, 1.82) is 0 Å². The zero-order valence-corrected chi connectivity index (χ0v) is 15.4. The molecule has 2 rings (SSSR count). The van der Waals surface area contributed by atoms with Crippen molar-refractivity contribution in [2.24, 2.45) is 0 Å². The van der Waals surface area contributed by atoms with Crippen molar-refractivity contribution in [1.82, 2.24) is 15.1 Å². The summed E-state index contributed by atoms with van der Waals surface area (Å²) in [5, 5.41) is 2.76. The molecule has 7 nitrogen and oxygen atoms in total. The first-order chi connectivity index (χ1) is 12.0. The Morgan fingerprint density at radius 3 is 2.76 bits per heavy atom. The van der Waals surface area contributed by atoms with Crippen LogP contribution in [0.5, 0.6) is 0 Å². The fourth-order valence-electron chi connectivity index (χ4n) is 2.87. The summed E-state index contributed by atoms with van der Waals surface area (Å²) >= 11 is 0. The lowest BCUT2D eigenvalue weighted by atomic mass is 10.2. The smallest absolute Gasteiger partial charge is 0.318 e. The standard InChI is InChI=1S/C18H29N3O4/c1-4-19-18(23)21(14(2)3)13-17(22)20(11-15-7-5-9-24-15)12-16-8-6-10-25-16/h5,7,9,14,16H,4,6,8,10-13H2,1-3H3,(H,19,23)/t16-/m0/s1. The van der Waals surface area contributed by atoms with Gasteiger partial charge in [-0.05, 0) is 45.7 Å². The van der Waals surface area contributed by atoms with E-state index in [4.69, 9.17) is 9.15 Å². The average Bonchev–Trinajstić information content (AvgIpc) is 3.25. The van der Waals surface area contributed by atoms with Gasteiger partial charge >= 0.3 is 6.03 Å². The van der Waals surface area contributed by atoms with Crippen LogP contribution in [0.1, 0.15) is 39.4 Å². The van der Waals surface area contributed by atoms with Gasteiger partial charge in [-0.15, -0.1) is 0 Å². The van der Waals surface area contributed by atoms with Gasteiger partial charge in [0.15, 0.2) is 0 Å². The summed E-state index contributed by atoms with van der Waals surface area (Å²) in [5.41, 5.74) is 0. The molecule has 0 unspecified atom stereocenters. The van der Waals surface area contributed by atoms with Crippen molar-refractivity contribution in [3.63, 3.8) is 0 Å². The Morgan fingerprint density at radius 1 is 1.40 bits per heavy atom. The molecule has 0 aromatic carbocycles. The first-order valence-corrected chi connectivity index (χ1v) is 8.97. The third kappa shape index (κ3) is 5.77. The van der Waals surface area contributed by atoms with Crippen molar-refractivity contribution in [2.45, 2.75) is 52.3 Å². The molecule has 7 heteroatoms. The average molecular weight is 351 g/mol. The number of ether oxygens (including phenoxy) is 1. The number of furan rings is 1. The lowest BCUT2D eigenvalue weighted by molar-refractivity contribution is -0.134. The number of amides is 3. The second-order valence-corrected chi connectivity index (χ2v) is 6.55. The van der Waals surface area contributed by atoms with Crippen LogP contribution in [0.4, 0.5) is 4.79 Å². The minimum atomic E-state index is -0.221. The molecule has 1 aromatic rings. The lowest BCUT2D eigenvalue weighted by Gasteiger charge is -2.30. The van der Waals surface area contributed by atoms with Gasteiger partial charge in [0.1, 0.15) is 12.3 Å². The summed E-state index contributed by atoms with van der Waals surface area (Å²) in [5.74, 6) is 0.618. The monoisotopic (exact) mass is 351 g/mol. The molecule has 0 radical (unpaired) electrons. The second kappa shape index (κ2) is 9.46. The van der Waals surface area contributed by atoms with Gasteiger partial charge in [0, 0.05) is 25.7 Å². The Morgan fingerprint density at radius 2 is 2.20 bits per heavy atom. The summed E-state index contributed by atoms with van der Waals surface area (Å²) in [6, 6.07) is 3.36. The molecule has 1 fully saturated rings. The van der Waals surface area contributed by atoms with Crippen LogP contribution >= 0.6 is 0 Å². The normalized spacial score (nSPS) is 16.9. The van der Waals surface area contributed by atoms with Gasteiger partial charge in [-0.2, -0.15) is 0 Å². The van der Waals surface area contributed by atoms with E-state index in [0.717, 1.165) is 25.2 Å². The maximum atomic E-state index is 12.9. The molecule has 1 aromatic heterocycles. The Labute approximate surface area is 149 Å². The summed E-state index contributed by atoms with van der Waals surface area (Å²) in [6.45, 7) is 7.87. The number of nitrogens with zero attached hydrogens (tertiary/aromatic N) is 2. The maximum Gasteiger partial charge on any atom is 0.318 e. The maximum absolute atomic E-state index is 12.9. The lowest BCUT2D eigenvalue weighted by Crippen LogP contribution is -2.50. The molecular weight excluding hydrogens is 322 g/mol. The first kappa shape index (κ1) is 19.3. The Kier molecular flexibility index (Phi) is 7.31. The fourth-order valence-corrected chi connectivity index (χ4v) is 2.87. The highest BCUT2D eigenvalue weighted by molar-refractivity contribution is 5.84. The van der Waals surface area contributed by atoms with Crippen molar-refractivity contribution in [3.8, 4) is 0 Å². The van der Waals surface area contributed by atoms with E-state index >= 15 is 0 Å². The van der Waals surface area contributed by atoms with E-state index in [2.05, 4.69) is 5.32 Å². The van der Waals surface area contributed by atoms with E-state index < -0.39 is 0 Å². The highest BCUT2D eigenvalue weighted by Gasteiger charge is 2.27. The molecule has 140 valence electrons. The Balaban J connectivity index is 2.05. The quantitative estimate of drug-likeness (QED) is 0.779. The molecule has 25 heavy (non-hydrogen) atoms. The predicted molar refractivity (Wildman–Crippen MR) is 94.0 cm³/mol. The molecule has 0 bridgehead atoms. The van der Waals surface area contributed by atoms with Crippen LogP contribution in [-0.2, 0) is 16.1 Å². The molecule has 1 saturated heterocycles. The molecule has 1 atom stereocenters. The number of carbonyl (C=O) groups is 2. The highest BCUT2D eigenvalue weighted by atomic mass is 16.5. The van der Waals surface area contributed by atoms with E-state index in [1.807, 2.05) is 26.8 Å². The van der Waals surface area contributed by atoms with Crippen LogP contribution in [0.15, 0.2) is 22.8 Å². The second-order valence-electron chi connectivity index (χ2n) is 6.55. The molecule has 2 heterocycles. The highest BCUT2D eigenvalue weighted by Crippen LogP contribution is 2.16. The van der Waals surface area contributed by atoms with E-state index in [-0.39, 0.29) is 30.6 Å². The van der Waals surface area contributed by atoms with E-state index in [1.54, 1.807) is 22.1 Å². The van der Waals surface area contributed by atoms with Gasteiger partial charge in [-0.1, -0.05) is 0 Å². The van der Waals surface area contributed by atoms with E-state index in [9.17, 15) is 9.59 Å². The number of hydrogen-bond acceptors (Lipinski definition) is 4. The molecule has 1 N–H and O–H groups in total. The predicted octanol–water partition coefficient (Wildman–Crippen LogP) is 2.23. The van der Waals surface area contributed by atoms with Gasteiger partial charge < -0.3 is 24.3 Å².